The van der Waals surface area contributed by atoms with Gasteiger partial charge >= 0.3 is 0 Å². The quantitative estimate of drug-likeness (QED) is 0.444. The van der Waals surface area contributed by atoms with Gasteiger partial charge in [0.05, 0.1) is 27.0 Å². The van der Waals surface area contributed by atoms with Gasteiger partial charge in [0.25, 0.3) is 0 Å². The Morgan fingerprint density at radius 2 is 1.69 bits per heavy atom. The number of carbonyl (C=O) groups excluding carboxylic acids is 2. The second-order valence-corrected chi connectivity index (χ2v) is 11.4. The van der Waals surface area contributed by atoms with Crippen molar-refractivity contribution in [2.75, 3.05) is 17.1 Å². The van der Waals surface area contributed by atoms with Crippen molar-refractivity contribution in [3.63, 3.8) is 0 Å². The summed E-state index contributed by atoms with van der Waals surface area (Å²) in [6, 6.07) is 7.09. The van der Waals surface area contributed by atoms with Crippen LogP contribution in [0.1, 0.15) is 32.8 Å². The molecule has 2 aromatic carbocycles. The van der Waals surface area contributed by atoms with Gasteiger partial charge in [0.1, 0.15) is 18.4 Å². The van der Waals surface area contributed by atoms with Crippen molar-refractivity contribution < 1.29 is 22.4 Å². The Hall–Kier alpha value is -2.07. The molecular formula is C23H27Cl3FN3O4S. The lowest BCUT2D eigenvalue weighted by molar-refractivity contribution is -0.140. The molecule has 7 nitrogen and oxygen atoms in total. The average molecular weight is 567 g/mol. The van der Waals surface area contributed by atoms with Crippen LogP contribution in [0.5, 0.6) is 0 Å². The Labute approximate surface area is 220 Å². The summed E-state index contributed by atoms with van der Waals surface area (Å²) in [4.78, 5) is 27.8. The maximum atomic E-state index is 13.7. The number of carbonyl (C=O) groups is 2. The molecule has 0 heterocycles. The maximum Gasteiger partial charge on any atom is 0.244 e. The van der Waals surface area contributed by atoms with Gasteiger partial charge in [0.2, 0.25) is 21.8 Å². The molecule has 0 bridgehead atoms. The second-order valence-electron chi connectivity index (χ2n) is 8.23. The highest BCUT2D eigenvalue weighted by Gasteiger charge is 2.32. The van der Waals surface area contributed by atoms with Crippen LogP contribution in [0.25, 0.3) is 0 Å². The predicted molar refractivity (Wildman–Crippen MR) is 138 cm³/mol. The molecule has 0 aliphatic rings. The van der Waals surface area contributed by atoms with Crippen LogP contribution in [0.3, 0.4) is 0 Å². The van der Waals surface area contributed by atoms with Gasteiger partial charge in [-0.15, -0.1) is 0 Å². The smallest absolute Gasteiger partial charge is 0.244 e. The van der Waals surface area contributed by atoms with E-state index in [1.165, 1.54) is 11.0 Å². The summed E-state index contributed by atoms with van der Waals surface area (Å²) in [7, 11) is -3.97. The normalized spacial score (nSPS) is 12.4. The van der Waals surface area contributed by atoms with E-state index in [0.29, 0.717) is 10.6 Å². The molecule has 2 aromatic rings. The first-order valence-corrected chi connectivity index (χ1v) is 13.7. The minimum absolute atomic E-state index is 0.0152. The number of sulfonamides is 1. The van der Waals surface area contributed by atoms with Crippen LogP contribution >= 0.6 is 34.8 Å². The molecular weight excluding hydrogens is 540 g/mol. The van der Waals surface area contributed by atoms with Gasteiger partial charge in [-0.25, -0.2) is 12.8 Å². The monoisotopic (exact) mass is 565 g/mol. The van der Waals surface area contributed by atoms with Gasteiger partial charge in [-0.1, -0.05) is 47.8 Å². The highest BCUT2D eigenvalue weighted by atomic mass is 35.5. The van der Waals surface area contributed by atoms with Crippen molar-refractivity contribution in [2.24, 2.45) is 0 Å². The number of hydrogen-bond donors (Lipinski definition) is 1. The molecule has 0 aliphatic carbocycles. The molecule has 1 N–H and O–H groups in total. The van der Waals surface area contributed by atoms with E-state index in [4.69, 9.17) is 34.8 Å². The first-order valence-electron chi connectivity index (χ1n) is 10.7. The van der Waals surface area contributed by atoms with Crippen molar-refractivity contribution >= 4 is 62.3 Å². The fraction of sp³-hybridized carbons (Fsp3) is 0.391. The number of nitrogens with zero attached hydrogens (tertiary/aromatic N) is 2. The van der Waals surface area contributed by atoms with Crippen molar-refractivity contribution in [2.45, 2.75) is 45.8 Å². The molecule has 0 fully saturated rings. The van der Waals surface area contributed by atoms with E-state index < -0.39 is 34.3 Å². The predicted octanol–water partition coefficient (Wildman–Crippen LogP) is 4.88. The molecule has 35 heavy (non-hydrogen) atoms. The Morgan fingerprint density at radius 1 is 1.03 bits per heavy atom. The highest BCUT2D eigenvalue weighted by molar-refractivity contribution is 7.92. The number of amides is 2. The first kappa shape index (κ1) is 29.2. The van der Waals surface area contributed by atoms with Crippen LogP contribution in [0.4, 0.5) is 10.1 Å². The number of hydrogen-bond acceptors (Lipinski definition) is 4. The third kappa shape index (κ3) is 7.96. The van der Waals surface area contributed by atoms with Crippen LogP contribution in [0.15, 0.2) is 36.4 Å². The van der Waals surface area contributed by atoms with E-state index in [-0.39, 0.29) is 40.6 Å². The topological polar surface area (TPSA) is 86.8 Å². The van der Waals surface area contributed by atoms with Gasteiger partial charge in [-0.2, -0.15) is 0 Å². The molecule has 2 rings (SSSR count). The SMILES string of the molecule is CC[C@@H](C(=O)NC(C)C)N(Cc1ccc(Cl)c(Cl)c1)C(=O)CN(c1ccc(F)c(Cl)c1)S(C)(=O)=O. The highest BCUT2D eigenvalue weighted by Crippen LogP contribution is 2.26. The molecule has 0 radical (unpaired) electrons. The van der Waals surface area contributed by atoms with E-state index in [0.717, 1.165) is 22.7 Å². The summed E-state index contributed by atoms with van der Waals surface area (Å²) in [6.07, 6.45) is 1.19. The molecule has 2 amide bonds. The third-order valence-corrected chi connectivity index (χ3v) is 7.19. The van der Waals surface area contributed by atoms with Crippen LogP contribution in [-0.4, -0.2) is 50.0 Å². The van der Waals surface area contributed by atoms with Crippen molar-refractivity contribution in [1.29, 1.82) is 0 Å². The zero-order chi connectivity index (χ0) is 26.5. The molecule has 0 spiro atoms. The second kappa shape index (κ2) is 12.3. The Balaban J connectivity index is 2.48. The van der Waals surface area contributed by atoms with Crippen LogP contribution in [-0.2, 0) is 26.2 Å². The number of rotatable bonds is 10. The summed E-state index contributed by atoms with van der Waals surface area (Å²) < 4.78 is 39.6. The van der Waals surface area contributed by atoms with Gasteiger partial charge in [-0.3, -0.25) is 13.9 Å². The molecule has 12 heteroatoms. The van der Waals surface area contributed by atoms with E-state index >= 15 is 0 Å². The Kier molecular flexibility index (Phi) is 10.2. The van der Waals surface area contributed by atoms with Crippen molar-refractivity contribution in [3.8, 4) is 0 Å². The lowest BCUT2D eigenvalue weighted by Gasteiger charge is -2.33. The van der Waals surface area contributed by atoms with Crippen LogP contribution < -0.4 is 9.62 Å². The van der Waals surface area contributed by atoms with Gasteiger partial charge in [0.15, 0.2) is 0 Å². The Morgan fingerprint density at radius 3 is 2.20 bits per heavy atom. The van der Waals surface area contributed by atoms with E-state index in [1.54, 1.807) is 39.0 Å². The molecule has 1 atom stereocenters. The van der Waals surface area contributed by atoms with Crippen molar-refractivity contribution in [1.82, 2.24) is 10.2 Å². The first-order chi connectivity index (χ1) is 16.2. The number of nitrogens with one attached hydrogen (secondary N) is 1. The summed E-state index contributed by atoms with van der Waals surface area (Å²) in [5, 5.41) is 3.10. The van der Waals surface area contributed by atoms with Gasteiger partial charge in [0, 0.05) is 12.6 Å². The summed E-state index contributed by atoms with van der Waals surface area (Å²) in [6.45, 7) is 4.67. The fourth-order valence-corrected chi connectivity index (χ4v) is 4.73. The minimum Gasteiger partial charge on any atom is -0.352 e. The number of anilines is 1. The zero-order valence-electron chi connectivity index (χ0n) is 19.7. The third-order valence-electron chi connectivity index (χ3n) is 5.02. The summed E-state index contributed by atoms with van der Waals surface area (Å²) in [5.74, 6) is -1.76. The van der Waals surface area contributed by atoms with Crippen LogP contribution in [0.2, 0.25) is 15.1 Å². The average Bonchev–Trinajstić information content (AvgIpc) is 2.75. The number of halogens is 4. The molecule has 0 aromatic heterocycles. The Bertz CT molecular complexity index is 1190. The van der Waals surface area contributed by atoms with E-state index in [9.17, 15) is 22.4 Å². The minimum atomic E-state index is -3.97. The molecule has 0 saturated heterocycles. The number of benzene rings is 2. The lowest BCUT2D eigenvalue weighted by atomic mass is 10.1. The molecule has 0 aliphatic heterocycles. The molecule has 0 saturated carbocycles. The van der Waals surface area contributed by atoms with Crippen molar-refractivity contribution in [3.05, 3.63) is 62.8 Å². The van der Waals surface area contributed by atoms with Gasteiger partial charge < -0.3 is 10.2 Å². The zero-order valence-corrected chi connectivity index (χ0v) is 22.8. The van der Waals surface area contributed by atoms with Crippen LogP contribution in [0, 0.1) is 5.82 Å². The molecule has 192 valence electrons. The van der Waals surface area contributed by atoms with Gasteiger partial charge in [-0.05, 0) is 56.2 Å². The summed E-state index contributed by atoms with van der Waals surface area (Å²) >= 11 is 18.0. The van der Waals surface area contributed by atoms with E-state index in [2.05, 4.69) is 5.32 Å². The maximum absolute atomic E-state index is 13.7. The fourth-order valence-electron chi connectivity index (χ4n) is 3.39. The standard InChI is InChI=1S/C23H27Cl3FN3O4S/c1-5-21(23(32)28-14(2)3)29(12-15-6-8-17(24)18(25)10-15)22(31)13-30(35(4,33)34)16-7-9-20(27)19(26)11-16/h6-11,14,21H,5,12-13H2,1-4H3,(H,28,32)/t21-/m0/s1. The molecule has 0 unspecified atom stereocenters. The van der Waals surface area contributed by atoms with E-state index in [1.807, 2.05) is 0 Å². The lowest BCUT2D eigenvalue weighted by Crippen LogP contribution is -2.53. The summed E-state index contributed by atoms with van der Waals surface area (Å²) in [5.41, 5.74) is 0.612. The largest absolute Gasteiger partial charge is 0.352 e.